The first-order valence-electron chi connectivity index (χ1n) is 9.99. The minimum Gasteiger partial charge on any atom is -0.493 e. The summed E-state index contributed by atoms with van der Waals surface area (Å²) in [5.41, 5.74) is 7.82. The van der Waals surface area contributed by atoms with E-state index in [9.17, 15) is 14.7 Å². The minimum atomic E-state index is -1.12. The summed E-state index contributed by atoms with van der Waals surface area (Å²) >= 11 is 0. The molecule has 0 aliphatic carbocycles. The normalized spacial score (nSPS) is 15.7. The van der Waals surface area contributed by atoms with Crippen LogP contribution in [0.3, 0.4) is 0 Å². The summed E-state index contributed by atoms with van der Waals surface area (Å²) in [7, 11) is 1.66. The van der Waals surface area contributed by atoms with Crippen LogP contribution in [-0.4, -0.2) is 47.7 Å². The van der Waals surface area contributed by atoms with Crippen molar-refractivity contribution in [3.05, 3.63) is 65.2 Å². The molecule has 2 atom stereocenters. The number of benzene rings is 2. The molecule has 6 N–H and O–H groups in total. The maximum absolute atomic E-state index is 12.9. The van der Waals surface area contributed by atoms with Crippen LogP contribution in [0.15, 0.2) is 48.5 Å². The topological polar surface area (TPSA) is 141 Å². The molecule has 9 nitrogen and oxygen atoms in total. The maximum atomic E-state index is 12.9. The number of amides is 2. The molecule has 0 saturated heterocycles. The fraction of sp³-hybridized carbons (Fsp3) is 0.318. The second-order valence-corrected chi connectivity index (χ2v) is 7.38. The second-order valence-electron chi connectivity index (χ2n) is 7.38. The number of hydrogen-bond donors (Lipinski definition) is 5. The highest BCUT2D eigenvalue weighted by Crippen LogP contribution is 2.35. The molecule has 1 heterocycles. The van der Waals surface area contributed by atoms with E-state index in [1.54, 1.807) is 19.2 Å². The summed E-state index contributed by atoms with van der Waals surface area (Å²) in [5.74, 6) is -0.556. The van der Waals surface area contributed by atoms with Gasteiger partial charge < -0.3 is 31.1 Å². The van der Waals surface area contributed by atoms with E-state index in [1.807, 2.05) is 36.4 Å². The molecule has 1 aliphatic heterocycles. The van der Waals surface area contributed by atoms with Crippen LogP contribution in [0.1, 0.15) is 29.2 Å². The number of hydrogen-bond acceptors (Lipinski definition) is 4. The van der Waals surface area contributed by atoms with E-state index in [2.05, 4.69) is 10.6 Å². The Hall–Kier alpha value is -3.75. The lowest BCUT2D eigenvalue weighted by molar-refractivity contribution is -0.139. The lowest BCUT2D eigenvalue weighted by Gasteiger charge is -2.33. The quantitative estimate of drug-likeness (QED) is 0.339. The number of rotatable bonds is 7. The summed E-state index contributed by atoms with van der Waals surface area (Å²) < 4.78 is 5.65. The first kappa shape index (κ1) is 21.9. The Labute approximate surface area is 180 Å². The zero-order valence-corrected chi connectivity index (χ0v) is 17.3. The molecule has 1 aliphatic rings. The van der Waals surface area contributed by atoms with Crippen LogP contribution < -0.4 is 21.1 Å². The molecule has 2 aromatic carbocycles. The third kappa shape index (κ3) is 5.44. The van der Waals surface area contributed by atoms with E-state index in [-0.39, 0.29) is 18.4 Å². The summed E-state index contributed by atoms with van der Waals surface area (Å²) in [4.78, 5) is 26.3. The van der Waals surface area contributed by atoms with Crippen LogP contribution in [0.5, 0.6) is 5.75 Å². The monoisotopic (exact) mass is 425 g/mol. The lowest BCUT2D eigenvalue weighted by atomic mass is 9.99. The molecule has 2 amide bonds. The van der Waals surface area contributed by atoms with Crippen molar-refractivity contribution in [1.29, 1.82) is 5.41 Å². The number of aliphatic carboxylic acids is 1. The van der Waals surface area contributed by atoms with Gasteiger partial charge in [0.2, 0.25) is 0 Å². The summed E-state index contributed by atoms with van der Waals surface area (Å²) in [6, 6.07) is 13.0. The molecule has 0 spiro atoms. The minimum absolute atomic E-state index is 0.106. The molecule has 9 heteroatoms. The number of para-hydroxylation sites is 1. The Morgan fingerprint density at radius 2 is 1.90 bits per heavy atom. The van der Waals surface area contributed by atoms with Gasteiger partial charge in [-0.3, -0.25) is 5.41 Å². The van der Waals surface area contributed by atoms with Gasteiger partial charge in [0, 0.05) is 32.0 Å². The Balaban J connectivity index is 1.72. The van der Waals surface area contributed by atoms with Crippen molar-refractivity contribution >= 4 is 18.0 Å². The number of ether oxygens (including phenoxy) is 1. The highest BCUT2D eigenvalue weighted by molar-refractivity contribution is 5.83. The van der Waals surface area contributed by atoms with Gasteiger partial charge in [-0.2, -0.15) is 0 Å². The summed E-state index contributed by atoms with van der Waals surface area (Å²) in [6.45, 7) is 0.780. The fourth-order valence-corrected chi connectivity index (χ4v) is 3.66. The Morgan fingerprint density at radius 1 is 1.23 bits per heavy atom. The van der Waals surface area contributed by atoms with Gasteiger partial charge in [0.15, 0.2) is 5.96 Å². The number of carbonyl (C=O) groups is 2. The molecular formula is C22H27N5O4. The molecule has 31 heavy (non-hydrogen) atoms. The van der Waals surface area contributed by atoms with Crippen LogP contribution in [0.25, 0.3) is 0 Å². The van der Waals surface area contributed by atoms with Gasteiger partial charge in [-0.15, -0.1) is 0 Å². The van der Waals surface area contributed by atoms with E-state index in [1.165, 1.54) is 4.90 Å². The first-order valence-corrected chi connectivity index (χ1v) is 9.99. The number of guanidine groups is 1. The number of carbonyl (C=O) groups excluding carboxylic acids is 1. The van der Waals surface area contributed by atoms with E-state index in [4.69, 9.17) is 15.9 Å². The van der Waals surface area contributed by atoms with E-state index in [0.717, 1.165) is 22.4 Å². The summed E-state index contributed by atoms with van der Waals surface area (Å²) in [6.07, 6.45) is 0.729. The molecule has 2 aromatic rings. The number of nitrogens with zero attached hydrogens (tertiary/aromatic N) is 1. The fourth-order valence-electron chi connectivity index (χ4n) is 3.66. The smallest absolute Gasteiger partial charge is 0.326 e. The summed E-state index contributed by atoms with van der Waals surface area (Å²) in [5, 5.41) is 22.4. The maximum Gasteiger partial charge on any atom is 0.326 e. The SMILES string of the molecule is CN(C(=O)N[C@@H](Cc1ccccc1CNC(=N)N)C(=O)O)[C@H]1CCOc2ccccc21. The van der Waals surface area contributed by atoms with Crippen LogP contribution >= 0.6 is 0 Å². The third-order valence-electron chi connectivity index (χ3n) is 5.32. The Bertz CT molecular complexity index is 964. The standard InChI is InChI=1S/C22H27N5O4/c1-27(18-10-11-31-19-9-5-4-8-16(18)19)22(30)26-17(20(28)29)12-14-6-2-3-7-15(14)13-25-21(23)24/h2-9,17-18H,10-13H2,1H3,(H,26,30)(H,28,29)(H4,23,24,25)/t17-,18-/m0/s1. The first-order chi connectivity index (χ1) is 14.9. The Morgan fingerprint density at radius 3 is 2.61 bits per heavy atom. The number of nitrogens with one attached hydrogen (secondary N) is 3. The molecule has 0 radical (unpaired) electrons. The average Bonchev–Trinajstić information content (AvgIpc) is 2.76. The molecule has 164 valence electrons. The highest BCUT2D eigenvalue weighted by atomic mass is 16.5. The van der Waals surface area contributed by atoms with Crippen molar-refractivity contribution in [3.8, 4) is 5.75 Å². The van der Waals surface area contributed by atoms with Crippen molar-refractivity contribution in [2.45, 2.75) is 31.5 Å². The van der Waals surface area contributed by atoms with Crippen molar-refractivity contribution < 1.29 is 19.4 Å². The second kappa shape index (κ2) is 9.84. The Kier molecular flexibility index (Phi) is 6.96. The molecule has 0 bridgehead atoms. The van der Waals surface area contributed by atoms with Gasteiger partial charge in [0.25, 0.3) is 0 Å². The molecular weight excluding hydrogens is 398 g/mol. The highest BCUT2D eigenvalue weighted by Gasteiger charge is 2.30. The molecule has 3 rings (SSSR count). The van der Waals surface area contributed by atoms with Gasteiger partial charge in [-0.05, 0) is 17.2 Å². The predicted molar refractivity (Wildman–Crippen MR) is 116 cm³/mol. The number of carboxylic acid groups (broad SMARTS) is 1. The molecule has 0 fully saturated rings. The van der Waals surface area contributed by atoms with E-state index >= 15 is 0 Å². The largest absolute Gasteiger partial charge is 0.493 e. The van der Waals surface area contributed by atoms with Gasteiger partial charge in [0.05, 0.1) is 12.6 Å². The van der Waals surface area contributed by atoms with Crippen LogP contribution in [0.2, 0.25) is 0 Å². The average molecular weight is 425 g/mol. The van der Waals surface area contributed by atoms with Gasteiger partial charge in [0.1, 0.15) is 11.8 Å². The lowest BCUT2D eigenvalue weighted by Crippen LogP contribution is -2.49. The van der Waals surface area contributed by atoms with Crippen LogP contribution in [-0.2, 0) is 17.8 Å². The van der Waals surface area contributed by atoms with E-state index < -0.39 is 18.0 Å². The zero-order valence-electron chi connectivity index (χ0n) is 17.3. The zero-order chi connectivity index (χ0) is 22.4. The van der Waals surface area contributed by atoms with Gasteiger partial charge in [-0.25, -0.2) is 9.59 Å². The van der Waals surface area contributed by atoms with Crippen LogP contribution in [0, 0.1) is 5.41 Å². The number of fused-ring (bicyclic) bond motifs is 1. The van der Waals surface area contributed by atoms with Gasteiger partial charge >= 0.3 is 12.0 Å². The van der Waals surface area contributed by atoms with Crippen LogP contribution in [0.4, 0.5) is 4.79 Å². The van der Waals surface area contributed by atoms with Crippen molar-refractivity contribution in [2.75, 3.05) is 13.7 Å². The predicted octanol–water partition coefficient (Wildman–Crippen LogP) is 1.83. The van der Waals surface area contributed by atoms with Crippen molar-refractivity contribution in [2.24, 2.45) is 5.73 Å². The number of urea groups is 1. The number of carboxylic acids is 1. The molecule has 0 aromatic heterocycles. The number of nitrogens with two attached hydrogens (primary N) is 1. The third-order valence-corrected chi connectivity index (χ3v) is 5.32. The van der Waals surface area contributed by atoms with Crippen molar-refractivity contribution in [3.63, 3.8) is 0 Å². The van der Waals surface area contributed by atoms with E-state index in [0.29, 0.717) is 19.6 Å². The van der Waals surface area contributed by atoms with Crippen molar-refractivity contribution in [1.82, 2.24) is 15.5 Å². The molecule has 0 unspecified atom stereocenters. The van der Waals surface area contributed by atoms with Gasteiger partial charge in [-0.1, -0.05) is 42.5 Å². The molecule has 0 saturated carbocycles.